The molecule has 1 unspecified atom stereocenters. The summed E-state index contributed by atoms with van der Waals surface area (Å²) >= 11 is 0. The molecule has 0 spiro atoms. The average Bonchev–Trinajstić information content (AvgIpc) is 2.34. The van der Waals surface area contributed by atoms with Gasteiger partial charge in [-0.05, 0) is 25.5 Å². The Morgan fingerprint density at radius 3 is 2.94 bits per heavy atom. The summed E-state index contributed by atoms with van der Waals surface area (Å²) in [6, 6.07) is 7.01. The van der Waals surface area contributed by atoms with E-state index in [2.05, 4.69) is 5.32 Å². The van der Waals surface area contributed by atoms with Crippen LogP contribution in [0.3, 0.4) is 0 Å². The quantitative estimate of drug-likeness (QED) is 0.564. The Morgan fingerprint density at radius 2 is 2.28 bits per heavy atom. The van der Waals surface area contributed by atoms with Crippen LogP contribution in [0.15, 0.2) is 24.3 Å². The molecule has 0 aliphatic rings. The molecule has 5 heteroatoms. The molecule has 5 nitrogen and oxygen atoms in total. The Balaban J connectivity index is 2.35. The van der Waals surface area contributed by atoms with E-state index in [0.29, 0.717) is 24.6 Å². The minimum atomic E-state index is -0.547. The highest BCUT2D eigenvalue weighted by atomic mass is 16.5. The molecule has 1 atom stereocenters. The standard InChI is InChI=1S/C13H20N2O3/c1-10(13(16)15-7-4-8-17-2)18-12-6-3-5-11(14)9-12/h3,5-6,9-10H,4,7-8,14H2,1-2H3,(H,15,16). The van der Waals surface area contributed by atoms with Gasteiger partial charge in [0.15, 0.2) is 6.10 Å². The van der Waals surface area contributed by atoms with E-state index < -0.39 is 6.10 Å². The van der Waals surface area contributed by atoms with Gasteiger partial charge in [0.25, 0.3) is 5.91 Å². The van der Waals surface area contributed by atoms with Gasteiger partial charge in [-0.3, -0.25) is 4.79 Å². The van der Waals surface area contributed by atoms with E-state index >= 15 is 0 Å². The van der Waals surface area contributed by atoms with Crippen LogP contribution in [0.2, 0.25) is 0 Å². The number of nitrogens with one attached hydrogen (secondary N) is 1. The van der Waals surface area contributed by atoms with Crippen molar-refractivity contribution < 1.29 is 14.3 Å². The van der Waals surface area contributed by atoms with Crippen LogP contribution < -0.4 is 15.8 Å². The second-order valence-corrected chi connectivity index (χ2v) is 3.97. The molecule has 0 aromatic heterocycles. The zero-order chi connectivity index (χ0) is 13.4. The van der Waals surface area contributed by atoms with Crippen LogP contribution in [0.4, 0.5) is 5.69 Å². The monoisotopic (exact) mass is 252 g/mol. The van der Waals surface area contributed by atoms with Crippen molar-refractivity contribution in [2.45, 2.75) is 19.4 Å². The number of ether oxygens (including phenoxy) is 2. The number of amides is 1. The SMILES string of the molecule is COCCCNC(=O)C(C)Oc1cccc(N)c1. The number of carbonyl (C=O) groups is 1. The van der Waals surface area contributed by atoms with Crippen LogP contribution in [0, 0.1) is 0 Å². The molecule has 0 saturated carbocycles. The first-order valence-corrected chi connectivity index (χ1v) is 5.92. The van der Waals surface area contributed by atoms with Crippen LogP contribution in [-0.4, -0.2) is 32.3 Å². The predicted molar refractivity (Wildman–Crippen MR) is 70.4 cm³/mol. The molecule has 1 amide bonds. The van der Waals surface area contributed by atoms with Crippen LogP contribution in [0.25, 0.3) is 0 Å². The Morgan fingerprint density at radius 1 is 1.50 bits per heavy atom. The summed E-state index contributed by atoms with van der Waals surface area (Å²) in [4.78, 5) is 11.7. The van der Waals surface area contributed by atoms with Gasteiger partial charge in [0, 0.05) is 32.0 Å². The van der Waals surface area contributed by atoms with Crippen LogP contribution in [0.1, 0.15) is 13.3 Å². The number of carbonyl (C=O) groups excluding carboxylic acids is 1. The maximum Gasteiger partial charge on any atom is 0.260 e. The molecule has 1 aromatic rings. The van der Waals surface area contributed by atoms with E-state index in [0.717, 1.165) is 6.42 Å². The second-order valence-electron chi connectivity index (χ2n) is 3.97. The van der Waals surface area contributed by atoms with Crippen molar-refractivity contribution in [3.63, 3.8) is 0 Å². The van der Waals surface area contributed by atoms with Gasteiger partial charge in [-0.2, -0.15) is 0 Å². The first-order valence-electron chi connectivity index (χ1n) is 5.92. The molecule has 0 aliphatic heterocycles. The lowest BCUT2D eigenvalue weighted by molar-refractivity contribution is -0.127. The molecule has 18 heavy (non-hydrogen) atoms. The van der Waals surface area contributed by atoms with E-state index in [9.17, 15) is 4.79 Å². The largest absolute Gasteiger partial charge is 0.481 e. The van der Waals surface area contributed by atoms with Gasteiger partial charge >= 0.3 is 0 Å². The van der Waals surface area contributed by atoms with Crippen LogP contribution in [0.5, 0.6) is 5.75 Å². The molecule has 0 heterocycles. The molecule has 3 N–H and O–H groups in total. The highest BCUT2D eigenvalue weighted by molar-refractivity contribution is 5.80. The van der Waals surface area contributed by atoms with Crippen molar-refractivity contribution in [1.29, 1.82) is 0 Å². The van der Waals surface area contributed by atoms with Crippen LogP contribution in [-0.2, 0) is 9.53 Å². The molecular weight excluding hydrogens is 232 g/mol. The van der Waals surface area contributed by atoms with Gasteiger partial charge in [-0.25, -0.2) is 0 Å². The first kappa shape index (κ1) is 14.3. The Labute approximate surface area is 107 Å². The maximum absolute atomic E-state index is 11.7. The smallest absolute Gasteiger partial charge is 0.260 e. The zero-order valence-corrected chi connectivity index (χ0v) is 10.8. The lowest BCUT2D eigenvalue weighted by Gasteiger charge is -2.14. The molecule has 0 radical (unpaired) electrons. The van der Waals surface area contributed by atoms with Gasteiger partial charge in [-0.15, -0.1) is 0 Å². The summed E-state index contributed by atoms with van der Waals surface area (Å²) in [7, 11) is 1.63. The molecule has 1 rings (SSSR count). The summed E-state index contributed by atoms with van der Waals surface area (Å²) in [5.74, 6) is 0.447. The number of hydrogen-bond donors (Lipinski definition) is 2. The molecule has 1 aromatic carbocycles. The number of nitrogen functional groups attached to an aromatic ring is 1. The number of rotatable bonds is 7. The van der Waals surface area contributed by atoms with Gasteiger partial charge < -0.3 is 20.5 Å². The van der Waals surface area contributed by atoms with Crippen molar-refractivity contribution in [2.24, 2.45) is 0 Å². The topological polar surface area (TPSA) is 73.6 Å². The number of hydrogen-bond acceptors (Lipinski definition) is 4. The third-order valence-corrected chi connectivity index (χ3v) is 2.36. The zero-order valence-electron chi connectivity index (χ0n) is 10.8. The molecule has 0 fully saturated rings. The molecular formula is C13H20N2O3. The highest BCUT2D eigenvalue weighted by Crippen LogP contribution is 2.15. The number of benzene rings is 1. The lowest BCUT2D eigenvalue weighted by atomic mass is 10.3. The van der Waals surface area contributed by atoms with Crippen molar-refractivity contribution >= 4 is 11.6 Å². The van der Waals surface area contributed by atoms with E-state index in [4.69, 9.17) is 15.2 Å². The van der Waals surface area contributed by atoms with Crippen molar-refractivity contribution in [3.05, 3.63) is 24.3 Å². The van der Waals surface area contributed by atoms with E-state index in [-0.39, 0.29) is 5.91 Å². The normalized spacial score (nSPS) is 11.9. The number of nitrogens with two attached hydrogens (primary N) is 1. The lowest BCUT2D eigenvalue weighted by Crippen LogP contribution is -2.37. The van der Waals surface area contributed by atoms with Gasteiger partial charge in [0.1, 0.15) is 5.75 Å². The molecule has 0 saturated heterocycles. The van der Waals surface area contributed by atoms with Gasteiger partial charge in [-0.1, -0.05) is 6.07 Å². The highest BCUT2D eigenvalue weighted by Gasteiger charge is 2.13. The Hall–Kier alpha value is -1.75. The fourth-order valence-corrected chi connectivity index (χ4v) is 1.42. The average molecular weight is 252 g/mol. The van der Waals surface area contributed by atoms with E-state index in [1.807, 2.05) is 0 Å². The third-order valence-electron chi connectivity index (χ3n) is 2.36. The first-order chi connectivity index (χ1) is 8.63. The Bertz CT molecular complexity index is 382. The van der Waals surface area contributed by atoms with Gasteiger partial charge in [0.2, 0.25) is 0 Å². The predicted octanol–water partition coefficient (Wildman–Crippen LogP) is 1.19. The van der Waals surface area contributed by atoms with Crippen LogP contribution >= 0.6 is 0 Å². The third kappa shape index (κ3) is 5.05. The fourth-order valence-electron chi connectivity index (χ4n) is 1.42. The fraction of sp³-hybridized carbons (Fsp3) is 0.462. The molecule has 0 bridgehead atoms. The summed E-state index contributed by atoms with van der Waals surface area (Å²) < 4.78 is 10.4. The van der Waals surface area contributed by atoms with Crippen molar-refractivity contribution in [3.8, 4) is 5.75 Å². The number of anilines is 1. The minimum Gasteiger partial charge on any atom is -0.481 e. The summed E-state index contributed by atoms with van der Waals surface area (Å²) in [6.45, 7) is 2.91. The minimum absolute atomic E-state index is 0.145. The van der Waals surface area contributed by atoms with E-state index in [1.165, 1.54) is 0 Å². The molecule has 0 aliphatic carbocycles. The van der Waals surface area contributed by atoms with Crippen molar-refractivity contribution in [1.82, 2.24) is 5.32 Å². The van der Waals surface area contributed by atoms with E-state index in [1.54, 1.807) is 38.3 Å². The van der Waals surface area contributed by atoms with Crippen molar-refractivity contribution in [2.75, 3.05) is 26.0 Å². The summed E-state index contributed by atoms with van der Waals surface area (Å²) in [5, 5.41) is 2.78. The Kier molecular flexibility index (Phi) is 6.00. The summed E-state index contributed by atoms with van der Waals surface area (Å²) in [5.41, 5.74) is 6.24. The second kappa shape index (κ2) is 7.55. The summed E-state index contributed by atoms with van der Waals surface area (Å²) in [6.07, 6.45) is 0.238. The van der Waals surface area contributed by atoms with Gasteiger partial charge in [0.05, 0.1) is 0 Å². The number of methoxy groups -OCH3 is 1. The maximum atomic E-state index is 11.7. The molecule has 100 valence electrons.